The van der Waals surface area contributed by atoms with Crippen LogP contribution in [0.5, 0.6) is 0 Å². The molecular weight excluding hydrogens is 228 g/mol. The highest BCUT2D eigenvalue weighted by Crippen LogP contribution is 2.13. The highest BCUT2D eigenvalue weighted by atomic mass is 16.5. The fourth-order valence-electron chi connectivity index (χ4n) is 2.19. The zero-order valence-corrected chi connectivity index (χ0v) is 11.0. The largest absolute Gasteiger partial charge is 0.375 e. The van der Waals surface area contributed by atoms with Gasteiger partial charge >= 0.3 is 0 Å². The maximum atomic E-state index is 12.2. The van der Waals surface area contributed by atoms with Crippen LogP contribution in [-0.4, -0.2) is 41.1 Å². The number of carbonyl (C=O) groups excluding carboxylic acids is 1. The third-order valence-electron chi connectivity index (χ3n) is 3.28. The van der Waals surface area contributed by atoms with Gasteiger partial charge in [0.25, 0.3) is 0 Å². The van der Waals surface area contributed by atoms with Gasteiger partial charge in [-0.2, -0.15) is 0 Å². The molecule has 1 fully saturated rings. The van der Waals surface area contributed by atoms with E-state index in [0.717, 1.165) is 12.0 Å². The first-order valence-corrected chi connectivity index (χ1v) is 6.47. The maximum absolute atomic E-state index is 12.2. The molecule has 0 saturated carbocycles. The SMILES string of the molecule is CC1CN(C(=O)CCc2cccnc2)C(C)CO1. The van der Waals surface area contributed by atoms with Crippen molar-refractivity contribution in [3.05, 3.63) is 30.1 Å². The van der Waals surface area contributed by atoms with Crippen molar-refractivity contribution in [1.82, 2.24) is 9.88 Å². The summed E-state index contributed by atoms with van der Waals surface area (Å²) >= 11 is 0. The summed E-state index contributed by atoms with van der Waals surface area (Å²) in [6, 6.07) is 4.09. The number of pyridine rings is 1. The Hall–Kier alpha value is -1.42. The molecule has 18 heavy (non-hydrogen) atoms. The van der Waals surface area contributed by atoms with Crippen LogP contribution >= 0.6 is 0 Å². The van der Waals surface area contributed by atoms with Crippen LogP contribution in [0.2, 0.25) is 0 Å². The second kappa shape index (κ2) is 5.96. The Labute approximate surface area is 108 Å². The fraction of sp³-hybridized carbons (Fsp3) is 0.571. The lowest BCUT2D eigenvalue weighted by molar-refractivity contribution is -0.143. The molecule has 1 aliphatic rings. The predicted octanol–water partition coefficient (Wildman–Crippen LogP) is 1.65. The minimum Gasteiger partial charge on any atom is -0.375 e. The average Bonchev–Trinajstić information content (AvgIpc) is 2.40. The zero-order chi connectivity index (χ0) is 13.0. The van der Waals surface area contributed by atoms with Crippen molar-refractivity contribution < 1.29 is 9.53 Å². The minimum atomic E-state index is 0.142. The van der Waals surface area contributed by atoms with Crippen molar-refractivity contribution in [3.8, 4) is 0 Å². The minimum absolute atomic E-state index is 0.142. The normalized spacial score (nSPS) is 24.0. The van der Waals surface area contributed by atoms with Crippen molar-refractivity contribution in [2.24, 2.45) is 0 Å². The van der Waals surface area contributed by atoms with Crippen molar-refractivity contribution in [2.45, 2.75) is 38.8 Å². The lowest BCUT2D eigenvalue weighted by Gasteiger charge is -2.36. The zero-order valence-electron chi connectivity index (χ0n) is 11.0. The Morgan fingerprint density at radius 2 is 2.39 bits per heavy atom. The quantitative estimate of drug-likeness (QED) is 0.817. The molecule has 0 aliphatic carbocycles. The number of morpholine rings is 1. The molecule has 1 amide bonds. The number of aromatic nitrogens is 1. The smallest absolute Gasteiger partial charge is 0.223 e. The Morgan fingerprint density at radius 3 is 3.11 bits per heavy atom. The molecule has 0 spiro atoms. The van der Waals surface area contributed by atoms with Gasteiger partial charge in [0.15, 0.2) is 0 Å². The molecule has 98 valence electrons. The van der Waals surface area contributed by atoms with Gasteiger partial charge in [0.2, 0.25) is 5.91 Å². The first-order chi connectivity index (χ1) is 8.66. The molecule has 4 nitrogen and oxygen atoms in total. The Kier molecular flexibility index (Phi) is 4.31. The summed E-state index contributed by atoms with van der Waals surface area (Å²) in [6.07, 6.45) is 5.01. The number of rotatable bonds is 3. The summed E-state index contributed by atoms with van der Waals surface area (Å²) in [5, 5.41) is 0. The van der Waals surface area contributed by atoms with Gasteiger partial charge in [0.1, 0.15) is 0 Å². The molecule has 2 rings (SSSR count). The van der Waals surface area contributed by atoms with Crippen LogP contribution in [-0.2, 0) is 16.0 Å². The van der Waals surface area contributed by atoms with Crippen LogP contribution in [0, 0.1) is 0 Å². The highest BCUT2D eigenvalue weighted by molar-refractivity contribution is 5.76. The average molecular weight is 248 g/mol. The molecular formula is C14H20N2O2. The van der Waals surface area contributed by atoms with Gasteiger partial charge in [0, 0.05) is 25.4 Å². The first-order valence-electron chi connectivity index (χ1n) is 6.47. The number of hydrogen-bond acceptors (Lipinski definition) is 3. The summed E-state index contributed by atoms with van der Waals surface area (Å²) in [4.78, 5) is 18.2. The lowest BCUT2D eigenvalue weighted by Crippen LogP contribution is -2.50. The van der Waals surface area contributed by atoms with Gasteiger partial charge in [-0.1, -0.05) is 6.07 Å². The number of nitrogens with zero attached hydrogens (tertiary/aromatic N) is 2. The van der Waals surface area contributed by atoms with E-state index in [9.17, 15) is 4.79 Å². The Morgan fingerprint density at radius 1 is 1.56 bits per heavy atom. The van der Waals surface area contributed by atoms with Crippen LogP contribution in [0.25, 0.3) is 0 Å². The molecule has 1 aliphatic heterocycles. The number of amides is 1. The van der Waals surface area contributed by atoms with E-state index in [2.05, 4.69) is 4.98 Å². The number of aryl methyl sites for hydroxylation is 1. The van der Waals surface area contributed by atoms with E-state index in [1.54, 1.807) is 6.20 Å². The molecule has 1 aromatic rings. The molecule has 2 atom stereocenters. The van der Waals surface area contributed by atoms with E-state index in [1.165, 1.54) is 0 Å². The van der Waals surface area contributed by atoms with Crippen molar-refractivity contribution in [3.63, 3.8) is 0 Å². The lowest BCUT2D eigenvalue weighted by atomic mass is 10.1. The summed E-state index contributed by atoms with van der Waals surface area (Å²) in [5.41, 5.74) is 1.11. The molecule has 0 radical (unpaired) electrons. The van der Waals surface area contributed by atoms with Crippen LogP contribution in [0.15, 0.2) is 24.5 Å². The fourth-order valence-corrected chi connectivity index (χ4v) is 2.19. The van der Waals surface area contributed by atoms with Crippen molar-refractivity contribution >= 4 is 5.91 Å². The van der Waals surface area contributed by atoms with Crippen molar-refractivity contribution in [2.75, 3.05) is 13.2 Å². The van der Waals surface area contributed by atoms with Crippen molar-refractivity contribution in [1.29, 1.82) is 0 Å². The third kappa shape index (κ3) is 3.29. The second-order valence-electron chi connectivity index (χ2n) is 4.90. The van der Waals surface area contributed by atoms with E-state index in [0.29, 0.717) is 19.6 Å². The van der Waals surface area contributed by atoms with E-state index in [1.807, 2.05) is 37.1 Å². The number of ether oxygens (including phenoxy) is 1. The van der Waals surface area contributed by atoms with Gasteiger partial charge in [-0.05, 0) is 31.9 Å². The van der Waals surface area contributed by atoms with E-state index >= 15 is 0 Å². The summed E-state index contributed by atoms with van der Waals surface area (Å²) in [5.74, 6) is 0.210. The molecule has 0 bridgehead atoms. The Balaban J connectivity index is 1.87. The molecule has 2 unspecified atom stereocenters. The Bertz CT molecular complexity index is 394. The third-order valence-corrected chi connectivity index (χ3v) is 3.28. The summed E-state index contributed by atoms with van der Waals surface area (Å²) in [6.45, 7) is 5.38. The molecule has 2 heterocycles. The van der Waals surface area contributed by atoms with E-state index in [-0.39, 0.29) is 18.1 Å². The molecule has 1 aromatic heterocycles. The summed E-state index contributed by atoms with van der Waals surface area (Å²) < 4.78 is 5.53. The van der Waals surface area contributed by atoms with Gasteiger partial charge < -0.3 is 9.64 Å². The number of carbonyl (C=O) groups is 1. The van der Waals surface area contributed by atoms with Gasteiger partial charge in [-0.3, -0.25) is 9.78 Å². The maximum Gasteiger partial charge on any atom is 0.223 e. The van der Waals surface area contributed by atoms with Gasteiger partial charge in [-0.25, -0.2) is 0 Å². The molecule has 1 saturated heterocycles. The molecule has 0 aromatic carbocycles. The van der Waals surface area contributed by atoms with Crippen LogP contribution in [0.3, 0.4) is 0 Å². The van der Waals surface area contributed by atoms with Crippen LogP contribution in [0.1, 0.15) is 25.8 Å². The monoisotopic (exact) mass is 248 g/mol. The van der Waals surface area contributed by atoms with Crippen LogP contribution in [0.4, 0.5) is 0 Å². The number of hydrogen-bond donors (Lipinski definition) is 0. The predicted molar refractivity (Wildman–Crippen MR) is 69.1 cm³/mol. The second-order valence-corrected chi connectivity index (χ2v) is 4.90. The topological polar surface area (TPSA) is 42.4 Å². The van der Waals surface area contributed by atoms with E-state index < -0.39 is 0 Å². The standard InChI is InChI=1S/C14H20N2O2/c1-11-10-18-12(2)9-16(11)14(17)6-5-13-4-3-7-15-8-13/h3-4,7-8,11-12H,5-6,9-10H2,1-2H3. The summed E-state index contributed by atoms with van der Waals surface area (Å²) in [7, 11) is 0. The molecule has 4 heteroatoms. The highest BCUT2D eigenvalue weighted by Gasteiger charge is 2.26. The van der Waals surface area contributed by atoms with Gasteiger partial charge in [0.05, 0.1) is 18.8 Å². The van der Waals surface area contributed by atoms with Gasteiger partial charge in [-0.15, -0.1) is 0 Å². The van der Waals surface area contributed by atoms with Crippen LogP contribution < -0.4 is 0 Å². The first kappa shape index (κ1) is 13.0. The molecule has 0 N–H and O–H groups in total. The van der Waals surface area contributed by atoms with E-state index in [4.69, 9.17) is 4.74 Å².